The molecule has 0 radical (unpaired) electrons. The maximum atomic E-state index is 13.8. The van der Waals surface area contributed by atoms with Gasteiger partial charge in [0.15, 0.2) is 11.3 Å². The van der Waals surface area contributed by atoms with E-state index in [0.29, 0.717) is 11.4 Å². The van der Waals surface area contributed by atoms with Gasteiger partial charge in [-0.2, -0.15) is 13.2 Å². The van der Waals surface area contributed by atoms with Crippen molar-refractivity contribution in [2.45, 2.75) is 6.18 Å². The van der Waals surface area contributed by atoms with Crippen molar-refractivity contribution in [1.82, 2.24) is 19.3 Å². The summed E-state index contributed by atoms with van der Waals surface area (Å²) < 4.78 is 47.5. The summed E-state index contributed by atoms with van der Waals surface area (Å²) >= 11 is 6.34. The minimum absolute atomic E-state index is 0.137. The Balaban J connectivity index is 1.50. The first-order valence-corrected chi connectivity index (χ1v) is 10.4. The van der Waals surface area contributed by atoms with Crippen LogP contribution in [0.2, 0.25) is 5.15 Å². The minimum atomic E-state index is -4.75. The van der Waals surface area contributed by atoms with Gasteiger partial charge in [-0.05, 0) is 24.3 Å². The van der Waals surface area contributed by atoms with E-state index < -0.39 is 23.3 Å². The first-order chi connectivity index (χ1) is 16.2. The number of carbonyl (C=O) groups excluding carboxylic acids is 2. The molecule has 1 saturated heterocycles. The standard InChI is InChI=1S/C22H15ClF3N5O3/c23-19-18(21(33)29-6-7-30(17(32)11-29)16-3-1-2-5-27-16)28-20-15(22(24,25)26)9-14(10-31(19)20)13-4-8-34-12-13/h1-5,8-10,12H,6-7,11H2. The van der Waals surface area contributed by atoms with E-state index in [4.69, 9.17) is 16.0 Å². The second-order valence-electron chi connectivity index (χ2n) is 7.56. The first-order valence-electron chi connectivity index (χ1n) is 10.1. The van der Waals surface area contributed by atoms with Gasteiger partial charge in [0.1, 0.15) is 17.5 Å². The SMILES string of the molecule is O=C(c1nc2c(C(F)(F)F)cc(-c3ccoc3)cn2c1Cl)N1CCN(c2ccccn2)C(=O)C1. The normalized spacial score (nSPS) is 14.8. The number of carbonyl (C=O) groups is 2. The van der Waals surface area contributed by atoms with E-state index in [9.17, 15) is 22.8 Å². The number of halogens is 4. The van der Waals surface area contributed by atoms with Crippen molar-refractivity contribution in [2.24, 2.45) is 0 Å². The lowest BCUT2D eigenvalue weighted by Crippen LogP contribution is -2.52. The molecule has 0 atom stereocenters. The highest BCUT2D eigenvalue weighted by Crippen LogP contribution is 2.37. The summed E-state index contributed by atoms with van der Waals surface area (Å²) in [5.74, 6) is -0.663. The number of fused-ring (bicyclic) bond motifs is 1. The third-order valence-electron chi connectivity index (χ3n) is 5.46. The number of pyridine rings is 2. The predicted molar refractivity (Wildman–Crippen MR) is 115 cm³/mol. The molecule has 4 aromatic rings. The molecule has 1 fully saturated rings. The third-order valence-corrected chi connectivity index (χ3v) is 5.82. The molecule has 1 aliphatic rings. The van der Waals surface area contributed by atoms with Gasteiger partial charge in [-0.15, -0.1) is 0 Å². The van der Waals surface area contributed by atoms with E-state index in [1.807, 2.05) is 0 Å². The summed E-state index contributed by atoms with van der Waals surface area (Å²) in [6.07, 6.45) is 0.780. The van der Waals surface area contributed by atoms with Crippen molar-refractivity contribution < 1.29 is 27.2 Å². The van der Waals surface area contributed by atoms with Gasteiger partial charge in [0.25, 0.3) is 5.91 Å². The number of hydrogen-bond donors (Lipinski definition) is 0. The molecule has 174 valence electrons. The summed E-state index contributed by atoms with van der Waals surface area (Å²) in [5.41, 5.74) is -1.34. The Morgan fingerprint density at radius 1 is 1.15 bits per heavy atom. The van der Waals surface area contributed by atoms with Crippen LogP contribution in [0.5, 0.6) is 0 Å². The fourth-order valence-electron chi connectivity index (χ4n) is 3.80. The summed E-state index contributed by atoms with van der Waals surface area (Å²) in [6, 6.07) is 7.55. The average Bonchev–Trinajstić information content (AvgIpc) is 3.46. The zero-order valence-electron chi connectivity index (χ0n) is 17.3. The molecular formula is C22H15ClF3N5O3. The highest BCUT2D eigenvalue weighted by atomic mass is 35.5. The number of nitrogens with zero attached hydrogens (tertiary/aromatic N) is 5. The summed E-state index contributed by atoms with van der Waals surface area (Å²) in [6.45, 7) is 0.0226. The second-order valence-corrected chi connectivity index (χ2v) is 7.92. The van der Waals surface area contributed by atoms with Gasteiger partial charge < -0.3 is 9.32 Å². The Kier molecular flexibility index (Phi) is 5.28. The zero-order chi connectivity index (χ0) is 24.0. The lowest BCUT2D eigenvalue weighted by Gasteiger charge is -2.33. The third kappa shape index (κ3) is 3.77. The number of aromatic nitrogens is 3. The molecule has 0 bridgehead atoms. The molecule has 0 unspecified atom stereocenters. The van der Waals surface area contributed by atoms with Crippen LogP contribution < -0.4 is 4.90 Å². The van der Waals surface area contributed by atoms with Crippen LogP contribution in [0.15, 0.2) is 59.7 Å². The predicted octanol–water partition coefficient (Wildman–Crippen LogP) is 4.15. The van der Waals surface area contributed by atoms with Crippen molar-refractivity contribution in [1.29, 1.82) is 0 Å². The molecule has 1 aliphatic heterocycles. The maximum Gasteiger partial charge on any atom is 0.420 e. The van der Waals surface area contributed by atoms with Crippen LogP contribution in [-0.4, -0.2) is 50.7 Å². The molecule has 0 aliphatic carbocycles. The number of imidazole rings is 1. The monoisotopic (exact) mass is 489 g/mol. The average molecular weight is 490 g/mol. The lowest BCUT2D eigenvalue weighted by molar-refractivity contribution is -0.136. The molecule has 0 N–H and O–H groups in total. The Morgan fingerprint density at radius 3 is 2.62 bits per heavy atom. The molecule has 5 heterocycles. The van der Waals surface area contributed by atoms with Crippen molar-refractivity contribution in [3.63, 3.8) is 0 Å². The van der Waals surface area contributed by atoms with E-state index >= 15 is 0 Å². The molecule has 5 rings (SSSR count). The molecule has 2 amide bonds. The minimum Gasteiger partial charge on any atom is -0.472 e. The van der Waals surface area contributed by atoms with Crippen molar-refractivity contribution in [3.05, 3.63) is 71.7 Å². The number of alkyl halides is 3. The van der Waals surface area contributed by atoms with E-state index in [0.717, 1.165) is 10.5 Å². The Morgan fingerprint density at radius 2 is 1.97 bits per heavy atom. The van der Waals surface area contributed by atoms with Crippen molar-refractivity contribution in [2.75, 3.05) is 24.5 Å². The summed E-state index contributed by atoms with van der Waals surface area (Å²) in [4.78, 5) is 36.5. The topological polar surface area (TPSA) is 84.0 Å². The second kappa shape index (κ2) is 8.17. The summed E-state index contributed by atoms with van der Waals surface area (Å²) in [7, 11) is 0. The van der Waals surface area contributed by atoms with Gasteiger partial charge in [-0.25, -0.2) is 9.97 Å². The van der Waals surface area contributed by atoms with Crippen molar-refractivity contribution in [3.8, 4) is 11.1 Å². The van der Waals surface area contributed by atoms with Crippen LogP contribution in [0.25, 0.3) is 16.8 Å². The van der Waals surface area contributed by atoms with Gasteiger partial charge in [0, 0.05) is 36.6 Å². The number of hydrogen-bond acceptors (Lipinski definition) is 5. The zero-order valence-corrected chi connectivity index (χ0v) is 18.0. The molecule has 12 heteroatoms. The van der Waals surface area contributed by atoms with Gasteiger partial charge in [-0.3, -0.25) is 18.9 Å². The fourth-order valence-corrected chi connectivity index (χ4v) is 4.05. The number of furan rings is 1. The molecule has 4 aromatic heterocycles. The van der Waals surface area contributed by atoms with Gasteiger partial charge in [0.05, 0.1) is 18.1 Å². The highest BCUT2D eigenvalue weighted by molar-refractivity contribution is 6.33. The van der Waals surface area contributed by atoms with E-state index in [2.05, 4.69) is 9.97 Å². The quantitative estimate of drug-likeness (QED) is 0.432. The van der Waals surface area contributed by atoms with E-state index in [1.165, 1.54) is 34.6 Å². The molecule has 0 spiro atoms. The summed E-state index contributed by atoms with van der Waals surface area (Å²) in [5, 5.41) is -0.282. The van der Waals surface area contributed by atoms with Crippen molar-refractivity contribution >= 4 is 34.9 Å². The lowest BCUT2D eigenvalue weighted by atomic mass is 10.1. The molecule has 0 saturated carbocycles. The number of rotatable bonds is 3. The molecular weight excluding hydrogens is 475 g/mol. The maximum absolute atomic E-state index is 13.8. The number of piperazine rings is 1. The molecule has 0 aromatic carbocycles. The fraction of sp³-hybridized carbons (Fsp3) is 0.182. The van der Waals surface area contributed by atoms with Crippen LogP contribution in [0, 0.1) is 0 Å². The van der Waals surface area contributed by atoms with E-state index in [-0.39, 0.29) is 42.0 Å². The van der Waals surface area contributed by atoms with Crippen LogP contribution in [-0.2, 0) is 11.0 Å². The van der Waals surface area contributed by atoms with Crippen LogP contribution >= 0.6 is 11.6 Å². The smallest absolute Gasteiger partial charge is 0.420 e. The largest absolute Gasteiger partial charge is 0.472 e. The van der Waals surface area contributed by atoms with E-state index in [1.54, 1.807) is 24.4 Å². The Hall–Kier alpha value is -3.86. The Labute approximate surface area is 195 Å². The van der Waals surface area contributed by atoms with Crippen LogP contribution in [0.4, 0.5) is 19.0 Å². The van der Waals surface area contributed by atoms with Crippen LogP contribution in [0.1, 0.15) is 16.1 Å². The first kappa shape index (κ1) is 22.0. The Bertz CT molecular complexity index is 1390. The van der Waals surface area contributed by atoms with Gasteiger partial charge in [0.2, 0.25) is 5.91 Å². The number of amides is 2. The highest BCUT2D eigenvalue weighted by Gasteiger charge is 2.37. The van der Waals surface area contributed by atoms with Crippen LogP contribution in [0.3, 0.4) is 0 Å². The van der Waals surface area contributed by atoms with Gasteiger partial charge >= 0.3 is 6.18 Å². The number of anilines is 1. The molecule has 8 nitrogen and oxygen atoms in total. The molecule has 34 heavy (non-hydrogen) atoms. The van der Waals surface area contributed by atoms with Gasteiger partial charge in [-0.1, -0.05) is 17.7 Å².